The van der Waals surface area contributed by atoms with Gasteiger partial charge in [-0.05, 0) is 25.3 Å². The molecule has 1 aromatic rings. The van der Waals surface area contributed by atoms with Crippen LogP contribution in [0.2, 0.25) is 10.3 Å². The van der Waals surface area contributed by atoms with Gasteiger partial charge in [-0.1, -0.05) is 23.2 Å². The maximum atomic E-state index is 12.5. The average Bonchev–Trinajstić information content (AvgIpc) is 2.48. The van der Waals surface area contributed by atoms with E-state index in [-0.39, 0.29) is 21.8 Å². The molecule has 1 saturated heterocycles. The first kappa shape index (κ1) is 15.0. The second-order valence-corrected chi connectivity index (χ2v) is 5.15. The van der Waals surface area contributed by atoms with E-state index in [1.165, 1.54) is 18.1 Å². The fourth-order valence-electron chi connectivity index (χ4n) is 2.21. The highest BCUT2D eigenvalue weighted by Crippen LogP contribution is 2.24. The van der Waals surface area contributed by atoms with E-state index in [9.17, 15) is 9.59 Å². The van der Waals surface area contributed by atoms with Crippen LogP contribution < -0.4 is 0 Å². The number of nitrogens with zero attached hydrogens (tertiary/aromatic N) is 3. The number of halogens is 2. The van der Waals surface area contributed by atoms with Gasteiger partial charge in [0.1, 0.15) is 6.04 Å². The maximum Gasteiger partial charge on any atom is 0.328 e. The number of esters is 1. The van der Waals surface area contributed by atoms with Gasteiger partial charge in [0.2, 0.25) is 0 Å². The summed E-state index contributed by atoms with van der Waals surface area (Å²) in [5.41, 5.74) is 0.141. The van der Waals surface area contributed by atoms with Gasteiger partial charge in [-0.3, -0.25) is 4.79 Å². The first-order valence-electron chi connectivity index (χ1n) is 6.12. The number of piperidine rings is 1. The second-order valence-electron chi connectivity index (χ2n) is 4.40. The molecular weight excluding hydrogens is 305 g/mol. The Balaban J connectivity index is 2.30. The van der Waals surface area contributed by atoms with E-state index in [1.807, 2.05) is 0 Å². The van der Waals surface area contributed by atoms with Gasteiger partial charge in [0, 0.05) is 6.54 Å². The minimum atomic E-state index is -0.593. The number of rotatable bonds is 2. The van der Waals surface area contributed by atoms with Crippen LogP contribution in [0.15, 0.2) is 6.07 Å². The second kappa shape index (κ2) is 6.37. The molecule has 108 valence electrons. The largest absolute Gasteiger partial charge is 0.467 e. The van der Waals surface area contributed by atoms with E-state index in [0.29, 0.717) is 13.0 Å². The summed E-state index contributed by atoms with van der Waals surface area (Å²) in [7, 11) is 1.30. The lowest BCUT2D eigenvalue weighted by Crippen LogP contribution is -2.48. The summed E-state index contributed by atoms with van der Waals surface area (Å²) < 4.78 is 4.74. The molecule has 1 aromatic heterocycles. The zero-order valence-electron chi connectivity index (χ0n) is 10.8. The third-order valence-electron chi connectivity index (χ3n) is 3.19. The Kier molecular flexibility index (Phi) is 4.77. The molecule has 1 aliphatic heterocycles. The normalized spacial score (nSPS) is 18.8. The summed E-state index contributed by atoms with van der Waals surface area (Å²) in [5.74, 6) is -0.816. The van der Waals surface area contributed by atoms with Crippen LogP contribution in [-0.2, 0) is 9.53 Å². The van der Waals surface area contributed by atoms with Crippen molar-refractivity contribution >= 4 is 35.1 Å². The molecule has 0 aliphatic carbocycles. The van der Waals surface area contributed by atoms with E-state index >= 15 is 0 Å². The molecule has 0 N–H and O–H groups in total. The summed E-state index contributed by atoms with van der Waals surface area (Å²) >= 11 is 11.6. The molecule has 1 fully saturated rings. The minimum Gasteiger partial charge on any atom is -0.467 e. The standard InChI is InChI=1S/C12H13Cl2N3O3/c1-20-12(19)8-4-2-3-5-17(8)11(18)7-6-9(13)15-16-10(7)14/h6,8H,2-5H2,1H3/t8-/m1/s1. The van der Waals surface area contributed by atoms with Gasteiger partial charge < -0.3 is 9.64 Å². The zero-order chi connectivity index (χ0) is 14.7. The maximum absolute atomic E-state index is 12.5. The van der Waals surface area contributed by atoms with Crippen LogP contribution in [0.1, 0.15) is 29.6 Å². The number of methoxy groups -OCH3 is 1. The summed E-state index contributed by atoms with van der Waals surface area (Å²) in [5, 5.41) is 7.20. The van der Waals surface area contributed by atoms with Crippen LogP contribution in [0.3, 0.4) is 0 Å². The Bertz CT molecular complexity index is 539. The molecule has 2 rings (SSSR count). The number of carbonyl (C=O) groups is 2. The van der Waals surface area contributed by atoms with Crippen LogP contribution in [-0.4, -0.2) is 46.7 Å². The van der Waals surface area contributed by atoms with Crippen LogP contribution >= 0.6 is 23.2 Å². The van der Waals surface area contributed by atoms with E-state index in [1.54, 1.807) is 0 Å². The number of ether oxygens (including phenoxy) is 1. The van der Waals surface area contributed by atoms with Gasteiger partial charge in [0.25, 0.3) is 5.91 Å². The van der Waals surface area contributed by atoms with E-state index < -0.39 is 12.0 Å². The van der Waals surface area contributed by atoms with Crippen LogP contribution in [0.25, 0.3) is 0 Å². The van der Waals surface area contributed by atoms with E-state index in [2.05, 4.69) is 10.2 Å². The van der Waals surface area contributed by atoms with Crippen molar-refractivity contribution in [2.45, 2.75) is 25.3 Å². The number of hydrogen-bond acceptors (Lipinski definition) is 5. The Labute approximate surface area is 126 Å². The summed E-state index contributed by atoms with van der Waals surface area (Å²) in [4.78, 5) is 25.7. The van der Waals surface area contributed by atoms with Gasteiger partial charge in [-0.25, -0.2) is 4.79 Å². The van der Waals surface area contributed by atoms with Crippen LogP contribution in [0, 0.1) is 0 Å². The molecule has 8 heteroatoms. The van der Waals surface area contributed by atoms with Crippen LogP contribution in [0.4, 0.5) is 0 Å². The molecule has 0 bridgehead atoms. The summed E-state index contributed by atoms with van der Waals surface area (Å²) in [6.45, 7) is 0.467. The fourth-order valence-corrected chi connectivity index (χ4v) is 2.53. The fraction of sp³-hybridized carbons (Fsp3) is 0.500. The number of hydrogen-bond donors (Lipinski definition) is 0. The quantitative estimate of drug-likeness (QED) is 0.779. The van der Waals surface area contributed by atoms with Gasteiger partial charge >= 0.3 is 5.97 Å². The van der Waals surface area contributed by atoms with Crippen molar-refractivity contribution < 1.29 is 14.3 Å². The van der Waals surface area contributed by atoms with Crippen molar-refractivity contribution in [3.63, 3.8) is 0 Å². The molecular formula is C12H13Cl2N3O3. The number of carbonyl (C=O) groups excluding carboxylic acids is 2. The van der Waals surface area contributed by atoms with Crippen molar-refractivity contribution in [2.75, 3.05) is 13.7 Å². The molecule has 0 saturated carbocycles. The highest BCUT2D eigenvalue weighted by atomic mass is 35.5. The Morgan fingerprint density at radius 2 is 2.10 bits per heavy atom. The monoisotopic (exact) mass is 317 g/mol. The van der Waals surface area contributed by atoms with Crippen molar-refractivity contribution in [1.82, 2.24) is 15.1 Å². The molecule has 6 nitrogen and oxygen atoms in total. The van der Waals surface area contributed by atoms with Gasteiger partial charge in [-0.15, -0.1) is 10.2 Å². The summed E-state index contributed by atoms with van der Waals surface area (Å²) in [6.07, 6.45) is 2.26. The first-order valence-corrected chi connectivity index (χ1v) is 6.87. The van der Waals surface area contributed by atoms with E-state index in [4.69, 9.17) is 27.9 Å². The van der Waals surface area contributed by atoms with Crippen molar-refractivity contribution in [1.29, 1.82) is 0 Å². The SMILES string of the molecule is COC(=O)[C@H]1CCCCN1C(=O)c1cc(Cl)nnc1Cl. The number of aromatic nitrogens is 2. The number of likely N-dealkylation sites (tertiary alicyclic amines) is 1. The summed E-state index contributed by atoms with van der Waals surface area (Å²) in [6, 6.07) is 0.756. The minimum absolute atomic E-state index is 0.0337. The van der Waals surface area contributed by atoms with Gasteiger partial charge in [-0.2, -0.15) is 0 Å². The molecule has 0 radical (unpaired) electrons. The lowest BCUT2D eigenvalue weighted by molar-refractivity contribution is -0.147. The van der Waals surface area contributed by atoms with E-state index in [0.717, 1.165) is 12.8 Å². The zero-order valence-corrected chi connectivity index (χ0v) is 12.3. The van der Waals surface area contributed by atoms with Crippen molar-refractivity contribution in [3.8, 4) is 0 Å². The number of amides is 1. The van der Waals surface area contributed by atoms with Crippen molar-refractivity contribution in [3.05, 3.63) is 21.9 Å². The predicted molar refractivity (Wildman–Crippen MR) is 72.7 cm³/mol. The third kappa shape index (κ3) is 3.02. The third-order valence-corrected chi connectivity index (χ3v) is 3.65. The Morgan fingerprint density at radius 1 is 1.35 bits per heavy atom. The molecule has 20 heavy (non-hydrogen) atoms. The molecule has 0 spiro atoms. The molecule has 0 unspecified atom stereocenters. The highest BCUT2D eigenvalue weighted by Gasteiger charge is 2.34. The van der Waals surface area contributed by atoms with Gasteiger partial charge in [0.05, 0.1) is 12.7 Å². The molecule has 0 aromatic carbocycles. The first-order chi connectivity index (χ1) is 9.54. The Morgan fingerprint density at radius 3 is 2.80 bits per heavy atom. The average molecular weight is 318 g/mol. The molecule has 1 amide bonds. The molecule has 1 aliphatic rings. The van der Waals surface area contributed by atoms with Gasteiger partial charge in [0.15, 0.2) is 10.3 Å². The smallest absolute Gasteiger partial charge is 0.328 e. The highest BCUT2D eigenvalue weighted by molar-refractivity contribution is 6.34. The predicted octanol–water partition coefficient (Wildman–Crippen LogP) is 1.95. The lowest BCUT2D eigenvalue weighted by Gasteiger charge is -2.33. The molecule has 2 heterocycles. The lowest BCUT2D eigenvalue weighted by atomic mass is 10.0. The topological polar surface area (TPSA) is 72.4 Å². The van der Waals surface area contributed by atoms with Crippen molar-refractivity contribution in [2.24, 2.45) is 0 Å². The van der Waals surface area contributed by atoms with Crippen LogP contribution in [0.5, 0.6) is 0 Å². The molecule has 1 atom stereocenters. The Hall–Kier alpha value is -1.40.